The van der Waals surface area contributed by atoms with E-state index in [-0.39, 0.29) is 24.7 Å². The fourth-order valence-corrected chi connectivity index (χ4v) is 3.42. The van der Waals surface area contributed by atoms with Gasteiger partial charge >= 0.3 is 11.9 Å². The Morgan fingerprint density at radius 2 is 1.83 bits per heavy atom. The van der Waals surface area contributed by atoms with Gasteiger partial charge in [0.15, 0.2) is 0 Å². The molecule has 30 heavy (non-hydrogen) atoms. The predicted molar refractivity (Wildman–Crippen MR) is 114 cm³/mol. The van der Waals surface area contributed by atoms with E-state index in [2.05, 4.69) is 0 Å². The maximum Gasteiger partial charge on any atom is 0.307 e. The molecule has 1 heterocycles. The molecule has 0 fully saturated rings. The third kappa shape index (κ3) is 7.01. The van der Waals surface area contributed by atoms with Crippen molar-refractivity contribution in [1.29, 1.82) is 0 Å². The lowest BCUT2D eigenvalue weighted by Crippen LogP contribution is -2.44. The third-order valence-electron chi connectivity index (χ3n) is 5.07. The number of ether oxygens (including phenoxy) is 2. The minimum atomic E-state index is -0.604. The Bertz CT molecular complexity index is 766. The van der Waals surface area contributed by atoms with Crippen LogP contribution < -0.4 is 0 Å². The molecule has 0 aliphatic carbocycles. The van der Waals surface area contributed by atoms with Crippen molar-refractivity contribution >= 4 is 17.8 Å². The molecule has 0 aromatic heterocycles. The summed E-state index contributed by atoms with van der Waals surface area (Å²) in [5, 5.41) is 0. The molecular weight excluding hydrogens is 382 g/mol. The number of nitrogens with zero attached hydrogens (tertiary/aromatic N) is 1. The van der Waals surface area contributed by atoms with Gasteiger partial charge in [0.2, 0.25) is 5.91 Å². The summed E-state index contributed by atoms with van der Waals surface area (Å²) in [6, 6.07) is 9.02. The summed E-state index contributed by atoms with van der Waals surface area (Å²) in [7, 11) is 1.69. The van der Waals surface area contributed by atoms with Crippen LogP contribution in [0.3, 0.4) is 0 Å². The zero-order chi connectivity index (χ0) is 22.3. The number of hydrogen-bond donors (Lipinski definition) is 0. The van der Waals surface area contributed by atoms with Gasteiger partial charge in [-0.05, 0) is 46.1 Å². The molecule has 0 saturated carbocycles. The van der Waals surface area contributed by atoms with Crippen LogP contribution >= 0.6 is 0 Å². The first-order chi connectivity index (χ1) is 14.1. The van der Waals surface area contributed by atoms with Crippen LogP contribution in [0.15, 0.2) is 42.5 Å². The number of benzene rings is 1. The summed E-state index contributed by atoms with van der Waals surface area (Å²) < 4.78 is 11.2. The van der Waals surface area contributed by atoms with Crippen molar-refractivity contribution in [2.45, 2.75) is 71.1 Å². The molecule has 0 bridgehead atoms. The second-order valence-electron chi connectivity index (χ2n) is 8.74. The molecule has 6 heteroatoms. The van der Waals surface area contributed by atoms with Gasteiger partial charge < -0.3 is 14.4 Å². The number of allylic oxidation sites excluding steroid dienone is 2. The van der Waals surface area contributed by atoms with E-state index in [1.807, 2.05) is 49.4 Å². The maximum absolute atomic E-state index is 13.3. The van der Waals surface area contributed by atoms with Crippen molar-refractivity contribution in [1.82, 2.24) is 4.90 Å². The first-order valence-electron chi connectivity index (χ1n) is 10.5. The van der Waals surface area contributed by atoms with Crippen LogP contribution in [0.4, 0.5) is 0 Å². The van der Waals surface area contributed by atoms with E-state index in [0.29, 0.717) is 12.8 Å². The first kappa shape index (κ1) is 23.6. The highest BCUT2D eigenvalue weighted by Crippen LogP contribution is 2.28. The third-order valence-corrected chi connectivity index (χ3v) is 5.07. The number of rotatable bonds is 3. The number of carbonyl (C=O) groups excluding carboxylic acids is 3. The molecule has 0 unspecified atom stereocenters. The van der Waals surface area contributed by atoms with Crippen LogP contribution in [0.1, 0.15) is 65.0 Å². The summed E-state index contributed by atoms with van der Waals surface area (Å²) >= 11 is 0. The van der Waals surface area contributed by atoms with E-state index < -0.39 is 29.6 Å². The fraction of sp³-hybridized carbons (Fsp3) is 0.542. The molecule has 0 spiro atoms. The molecule has 2 rings (SSSR count). The Hall–Kier alpha value is -2.63. The zero-order valence-electron chi connectivity index (χ0n) is 18.6. The molecule has 1 aromatic rings. The number of cyclic esters (lactones) is 1. The summed E-state index contributed by atoms with van der Waals surface area (Å²) in [5.74, 6) is -1.40. The molecule has 6 nitrogen and oxygen atoms in total. The minimum Gasteiger partial charge on any atom is -0.460 e. The van der Waals surface area contributed by atoms with Gasteiger partial charge in [0.05, 0.1) is 18.4 Å². The molecule has 1 aliphatic rings. The predicted octanol–water partition coefficient (Wildman–Crippen LogP) is 4.21. The number of amides is 1. The van der Waals surface area contributed by atoms with Gasteiger partial charge in [0.25, 0.3) is 0 Å². The van der Waals surface area contributed by atoms with Gasteiger partial charge in [0, 0.05) is 13.5 Å². The van der Waals surface area contributed by atoms with Crippen LogP contribution in [0.2, 0.25) is 0 Å². The average molecular weight is 416 g/mol. The Kier molecular flexibility index (Phi) is 8.21. The van der Waals surface area contributed by atoms with Crippen LogP contribution in [-0.2, 0) is 23.9 Å². The fourth-order valence-electron chi connectivity index (χ4n) is 3.42. The molecular formula is C24H33NO5. The summed E-state index contributed by atoms with van der Waals surface area (Å²) in [6.45, 7) is 7.27. The molecule has 164 valence electrons. The highest BCUT2D eigenvalue weighted by atomic mass is 16.6. The van der Waals surface area contributed by atoms with Crippen molar-refractivity contribution in [2.24, 2.45) is 5.92 Å². The van der Waals surface area contributed by atoms with Crippen molar-refractivity contribution in [2.75, 3.05) is 7.05 Å². The van der Waals surface area contributed by atoms with E-state index in [9.17, 15) is 14.4 Å². The standard InChI is InChI=1S/C24H33NO5/c1-17-22(18-12-8-6-9-13-18)29-20(26)15-11-7-10-14-19(23(28)25(17)5)16-21(27)30-24(2,3)4/h6-10,12-13,17,19,22H,11,14-16H2,1-5H3/t17-,19-,22-/m0/s1. The molecule has 1 amide bonds. The Labute approximate surface area is 179 Å². The second-order valence-corrected chi connectivity index (χ2v) is 8.74. The normalized spacial score (nSPS) is 23.9. The molecule has 0 saturated heterocycles. The maximum atomic E-state index is 13.3. The van der Waals surface area contributed by atoms with E-state index in [1.54, 1.807) is 32.7 Å². The smallest absolute Gasteiger partial charge is 0.307 e. The van der Waals surface area contributed by atoms with Gasteiger partial charge in [0.1, 0.15) is 11.7 Å². The minimum absolute atomic E-state index is 0.00724. The van der Waals surface area contributed by atoms with Crippen LogP contribution in [0.5, 0.6) is 0 Å². The SMILES string of the molecule is C[C@H]1[C@@H](c2ccccc2)OC(=O)CCC=CC[C@@H](CC(=O)OC(C)(C)C)C(=O)N1C. The lowest BCUT2D eigenvalue weighted by atomic mass is 9.96. The summed E-state index contributed by atoms with van der Waals surface area (Å²) in [5.41, 5.74) is 0.224. The molecule has 1 aromatic carbocycles. The van der Waals surface area contributed by atoms with E-state index in [1.165, 1.54) is 0 Å². The van der Waals surface area contributed by atoms with Gasteiger partial charge in [-0.3, -0.25) is 14.4 Å². The number of likely N-dealkylation sites (N-methyl/N-ethyl adjacent to an activating group) is 1. The van der Waals surface area contributed by atoms with E-state index in [4.69, 9.17) is 9.47 Å². The van der Waals surface area contributed by atoms with Crippen molar-refractivity contribution < 1.29 is 23.9 Å². The van der Waals surface area contributed by atoms with Crippen molar-refractivity contribution in [3.8, 4) is 0 Å². The quantitative estimate of drug-likeness (QED) is 0.546. The molecule has 3 atom stereocenters. The first-order valence-corrected chi connectivity index (χ1v) is 10.5. The number of esters is 2. The molecule has 1 aliphatic heterocycles. The zero-order valence-corrected chi connectivity index (χ0v) is 18.6. The van der Waals surface area contributed by atoms with E-state index >= 15 is 0 Å². The van der Waals surface area contributed by atoms with Gasteiger partial charge in [-0.1, -0.05) is 42.5 Å². The van der Waals surface area contributed by atoms with Crippen molar-refractivity contribution in [3.63, 3.8) is 0 Å². The summed E-state index contributed by atoms with van der Waals surface area (Å²) in [6.07, 6.45) is 4.35. The molecule has 0 radical (unpaired) electrons. The van der Waals surface area contributed by atoms with Gasteiger partial charge in [-0.2, -0.15) is 0 Å². The lowest BCUT2D eigenvalue weighted by molar-refractivity contribution is -0.160. The van der Waals surface area contributed by atoms with Gasteiger partial charge in [-0.15, -0.1) is 0 Å². The Morgan fingerprint density at radius 1 is 1.17 bits per heavy atom. The highest BCUT2D eigenvalue weighted by Gasteiger charge is 2.33. The highest BCUT2D eigenvalue weighted by molar-refractivity contribution is 5.84. The lowest BCUT2D eigenvalue weighted by Gasteiger charge is -2.34. The van der Waals surface area contributed by atoms with Crippen LogP contribution in [0, 0.1) is 5.92 Å². The number of carbonyl (C=O) groups is 3. The second kappa shape index (κ2) is 10.4. The molecule has 0 N–H and O–H groups in total. The van der Waals surface area contributed by atoms with Crippen LogP contribution in [-0.4, -0.2) is 41.4 Å². The average Bonchev–Trinajstić information content (AvgIpc) is 2.68. The Balaban J connectivity index is 2.28. The Morgan fingerprint density at radius 3 is 2.47 bits per heavy atom. The topological polar surface area (TPSA) is 72.9 Å². The number of hydrogen-bond acceptors (Lipinski definition) is 5. The van der Waals surface area contributed by atoms with Gasteiger partial charge in [-0.25, -0.2) is 0 Å². The largest absolute Gasteiger partial charge is 0.460 e. The van der Waals surface area contributed by atoms with E-state index in [0.717, 1.165) is 5.56 Å². The summed E-state index contributed by atoms with van der Waals surface area (Å²) in [4.78, 5) is 39.6. The van der Waals surface area contributed by atoms with Crippen LogP contribution in [0.25, 0.3) is 0 Å². The monoisotopic (exact) mass is 415 g/mol. The van der Waals surface area contributed by atoms with Crippen molar-refractivity contribution in [3.05, 3.63) is 48.0 Å².